The van der Waals surface area contributed by atoms with Crippen LogP contribution in [0.2, 0.25) is 0 Å². The summed E-state index contributed by atoms with van der Waals surface area (Å²) in [6.45, 7) is 0. The molecule has 0 aliphatic heterocycles. The van der Waals surface area contributed by atoms with Crippen LogP contribution in [-0.2, 0) is 16.0 Å². The zero-order valence-electron chi connectivity index (χ0n) is 17.5. The minimum absolute atomic E-state index is 0.186. The van der Waals surface area contributed by atoms with Crippen LogP contribution in [0.1, 0.15) is 12.0 Å². The molecule has 0 heterocycles. The SMILES string of the molecule is COC(=O)CCc1ccc(Nc2ccccc2-c2ccc(-c3ccccc3)cc2)cc1. The largest absolute Gasteiger partial charge is 0.469 e. The number of methoxy groups -OCH3 is 1. The second-order valence-electron chi connectivity index (χ2n) is 7.39. The molecular weight excluding hydrogens is 382 g/mol. The predicted octanol–water partition coefficient (Wildman–Crippen LogP) is 6.87. The molecule has 31 heavy (non-hydrogen) atoms. The number of carbonyl (C=O) groups is 1. The number of nitrogens with one attached hydrogen (secondary N) is 1. The number of aryl methyl sites for hydroxylation is 1. The van der Waals surface area contributed by atoms with Gasteiger partial charge in [-0.2, -0.15) is 0 Å². The van der Waals surface area contributed by atoms with Crippen LogP contribution in [0.5, 0.6) is 0 Å². The number of carbonyl (C=O) groups excluding carboxylic acids is 1. The van der Waals surface area contributed by atoms with E-state index in [9.17, 15) is 4.79 Å². The van der Waals surface area contributed by atoms with Gasteiger partial charge in [-0.05, 0) is 46.9 Å². The molecule has 0 unspecified atom stereocenters. The maximum atomic E-state index is 11.3. The second-order valence-corrected chi connectivity index (χ2v) is 7.39. The number of rotatable bonds is 7. The molecule has 3 nitrogen and oxygen atoms in total. The third kappa shape index (κ3) is 5.20. The third-order valence-corrected chi connectivity index (χ3v) is 5.31. The molecule has 0 spiro atoms. The molecule has 1 N–H and O–H groups in total. The van der Waals surface area contributed by atoms with E-state index in [1.165, 1.54) is 18.2 Å². The van der Waals surface area contributed by atoms with E-state index < -0.39 is 0 Å². The summed E-state index contributed by atoms with van der Waals surface area (Å²) in [5.74, 6) is -0.186. The summed E-state index contributed by atoms with van der Waals surface area (Å²) in [4.78, 5) is 11.3. The fourth-order valence-electron chi connectivity index (χ4n) is 3.58. The van der Waals surface area contributed by atoms with Gasteiger partial charge in [-0.1, -0.05) is 84.9 Å². The summed E-state index contributed by atoms with van der Waals surface area (Å²) in [6.07, 6.45) is 1.07. The van der Waals surface area contributed by atoms with Gasteiger partial charge in [0.2, 0.25) is 0 Å². The van der Waals surface area contributed by atoms with Crippen LogP contribution in [0.3, 0.4) is 0 Å². The summed E-state index contributed by atoms with van der Waals surface area (Å²) >= 11 is 0. The highest BCUT2D eigenvalue weighted by Gasteiger charge is 2.07. The van der Waals surface area contributed by atoms with E-state index in [0.29, 0.717) is 12.8 Å². The molecule has 0 aliphatic carbocycles. The standard InChI is InChI=1S/C28H25NO2/c1-31-28(30)20-13-21-11-18-25(19-12-21)29-27-10-6-5-9-26(27)24-16-14-23(15-17-24)22-7-3-2-4-8-22/h2-12,14-19,29H,13,20H2,1H3. The first-order chi connectivity index (χ1) is 15.2. The maximum Gasteiger partial charge on any atom is 0.305 e. The van der Waals surface area contributed by atoms with Gasteiger partial charge in [0.05, 0.1) is 7.11 Å². The molecule has 0 atom stereocenters. The number of esters is 1. The van der Waals surface area contributed by atoms with Crippen LogP contribution < -0.4 is 5.32 Å². The van der Waals surface area contributed by atoms with Gasteiger partial charge < -0.3 is 10.1 Å². The van der Waals surface area contributed by atoms with Crippen molar-refractivity contribution in [3.05, 3.63) is 109 Å². The molecule has 0 radical (unpaired) electrons. The highest BCUT2D eigenvalue weighted by Crippen LogP contribution is 2.32. The van der Waals surface area contributed by atoms with Gasteiger partial charge in [0.25, 0.3) is 0 Å². The lowest BCUT2D eigenvalue weighted by atomic mass is 9.99. The summed E-state index contributed by atoms with van der Waals surface area (Å²) in [7, 11) is 1.42. The molecule has 0 saturated carbocycles. The predicted molar refractivity (Wildman–Crippen MR) is 127 cm³/mol. The Bertz CT molecular complexity index is 1130. The average Bonchev–Trinajstić information content (AvgIpc) is 2.84. The first-order valence-corrected chi connectivity index (χ1v) is 10.4. The minimum atomic E-state index is -0.186. The number of benzene rings is 4. The number of hydrogen-bond acceptors (Lipinski definition) is 3. The van der Waals surface area contributed by atoms with Gasteiger partial charge in [-0.15, -0.1) is 0 Å². The Morgan fingerprint density at radius 2 is 1.32 bits per heavy atom. The maximum absolute atomic E-state index is 11.3. The number of anilines is 2. The van der Waals surface area contributed by atoms with E-state index >= 15 is 0 Å². The third-order valence-electron chi connectivity index (χ3n) is 5.31. The molecular formula is C28H25NO2. The first kappa shape index (κ1) is 20.4. The summed E-state index contributed by atoms with van der Waals surface area (Å²) in [5, 5.41) is 3.53. The molecule has 4 aromatic carbocycles. The quantitative estimate of drug-likeness (QED) is 0.340. The van der Waals surface area contributed by atoms with Gasteiger partial charge in [0, 0.05) is 23.4 Å². The Labute approximate surface area is 183 Å². The molecule has 3 heteroatoms. The van der Waals surface area contributed by atoms with Crippen molar-refractivity contribution in [1.82, 2.24) is 0 Å². The Morgan fingerprint density at radius 1 is 0.710 bits per heavy atom. The topological polar surface area (TPSA) is 38.3 Å². The van der Waals surface area contributed by atoms with Crippen LogP contribution in [0, 0.1) is 0 Å². The molecule has 154 valence electrons. The minimum Gasteiger partial charge on any atom is -0.469 e. The average molecular weight is 408 g/mol. The van der Waals surface area contributed by atoms with Crippen LogP contribution in [0.4, 0.5) is 11.4 Å². The highest BCUT2D eigenvalue weighted by atomic mass is 16.5. The van der Waals surface area contributed by atoms with Crippen LogP contribution in [0.25, 0.3) is 22.3 Å². The summed E-state index contributed by atoms with van der Waals surface area (Å²) in [6, 6.07) is 35.5. The smallest absolute Gasteiger partial charge is 0.305 e. The molecule has 0 saturated heterocycles. The van der Waals surface area contributed by atoms with Crippen molar-refractivity contribution in [2.75, 3.05) is 12.4 Å². The van der Waals surface area contributed by atoms with E-state index in [-0.39, 0.29) is 5.97 Å². The molecule has 0 aliphatic rings. The van der Waals surface area contributed by atoms with E-state index in [4.69, 9.17) is 4.74 Å². The van der Waals surface area contributed by atoms with Gasteiger partial charge in [0.1, 0.15) is 0 Å². The summed E-state index contributed by atoms with van der Waals surface area (Å²) in [5.41, 5.74) is 7.91. The molecule has 0 aromatic heterocycles. The number of para-hydroxylation sites is 1. The number of hydrogen-bond donors (Lipinski definition) is 1. The molecule has 0 bridgehead atoms. The van der Waals surface area contributed by atoms with Crippen molar-refractivity contribution in [2.24, 2.45) is 0 Å². The van der Waals surface area contributed by atoms with Gasteiger partial charge in [-0.25, -0.2) is 0 Å². The van der Waals surface area contributed by atoms with Crippen LogP contribution in [0.15, 0.2) is 103 Å². The van der Waals surface area contributed by atoms with Gasteiger partial charge in [0.15, 0.2) is 0 Å². The Kier molecular flexibility index (Phi) is 6.44. The zero-order valence-corrected chi connectivity index (χ0v) is 17.5. The van der Waals surface area contributed by atoms with Crippen molar-refractivity contribution < 1.29 is 9.53 Å². The first-order valence-electron chi connectivity index (χ1n) is 10.4. The Balaban J connectivity index is 1.51. The Hall–Kier alpha value is -3.85. The molecule has 4 aromatic rings. The van der Waals surface area contributed by atoms with Crippen molar-refractivity contribution >= 4 is 17.3 Å². The molecule has 4 rings (SSSR count). The lowest BCUT2D eigenvalue weighted by Crippen LogP contribution is -2.01. The molecule has 0 fully saturated rings. The Morgan fingerprint density at radius 3 is 2.03 bits per heavy atom. The van der Waals surface area contributed by atoms with E-state index in [1.807, 2.05) is 36.4 Å². The van der Waals surface area contributed by atoms with Crippen LogP contribution in [-0.4, -0.2) is 13.1 Å². The lowest BCUT2D eigenvalue weighted by molar-refractivity contribution is -0.140. The zero-order chi connectivity index (χ0) is 21.5. The second kappa shape index (κ2) is 9.77. The van der Waals surface area contributed by atoms with Gasteiger partial charge in [-0.3, -0.25) is 4.79 Å². The van der Waals surface area contributed by atoms with E-state index in [1.54, 1.807) is 0 Å². The van der Waals surface area contributed by atoms with E-state index in [0.717, 1.165) is 28.1 Å². The fraction of sp³-hybridized carbons (Fsp3) is 0.107. The molecule has 0 amide bonds. The lowest BCUT2D eigenvalue weighted by Gasteiger charge is -2.13. The van der Waals surface area contributed by atoms with E-state index in [2.05, 4.69) is 72.0 Å². The van der Waals surface area contributed by atoms with Crippen LogP contribution >= 0.6 is 0 Å². The monoisotopic (exact) mass is 407 g/mol. The fourth-order valence-corrected chi connectivity index (χ4v) is 3.58. The van der Waals surface area contributed by atoms with Crippen molar-refractivity contribution in [3.63, 3.8) is 0 Å². The number of ether oxygens (including phenoxy) is 1. The van der Waals surface area contributed by atoms with Crippen molar-refractivity contribution in [3.8, 4) is 22.3 Å². The van der Waals surface area contributed by atoms with Crippen molar-refractivity contribution in [1.29, 1.82) is 0 Å². The normalized spacial score (nSPS) is 10.5. The van der Waals surface area contributed by atoms with Crippen molar-refractivity contribution in [2.45, 2.75) is 12.8 Å². The highest BCUT2D eigenvalue weighted by molar-refractivity contribution is 5.82. The van der Waals surface area contributed by atoms with Gasteiger partial charge >= 0.3 is 5.97 Å². The summed E-state index contributed by atoms with van der Waals surface area (Å²) < 4.78 is 4.71.